The highest BCUT2D eigenvalue weighted by Gasteiger charge is 2.11. The van der Waals surface area contributed by atoms with Gasteiger partial charge in [0.15, 0.2) is 0 Å². The van der Waals surface area contributed by atoms with Gasteiger partial charge in [0.05, 0.1) is 17.5 Å². The number of amides is 1. The topological polar surface area (TPSA) is 118 Å². The number of aromatic nitrogens is 2. The third-order valence-electron chi connectivity index (χ3n) is 2.65. The average Bonchev–Trinajstić information content (AvgIpc) is 2.76. The fourth-order valence-electron chi connectivity index (χ4n) is 1.69. The maximum Gasteiger partial charge on any atom is 0.259 e. The number of carbonyl (C=O) groups excluding carboxylic acids is 1. The fraction of sp³-hybridized carbons (Fsp3) is 0.167. The smallest absolute Gasteiger partial charge is 0.259 e. The van der Waals surface area contributed by atoms with Crippen LogP contribution in [-0.4, -0.2) is 24.5 Å². The van der Waals surface area contributed by atoms with Crippen LogP contribution in [0.15, 0.2) is 30.5 Å². The molecule has 1 heterocycles. The van der Waals surface area contributed by atoms with Crippen molar-refractivity contribution in [1.29, 1.82) is 0 Å². The Morgan fingerprint density at radius 3 is 2.50 bits per heavy atom. The second kappa shape index (κ2) is 5.43. The van der Waals surface area contributed by atoms with Crippen LogP contribution in [0.4, 0.5) is 5.69 Å². The van der Waals surface area contributed by atoms with Crippen molar-refractivity contribution in [3.63, 3.8) is 0 Å². The van der Waals surface area contributed by atoms with Crippen LogP contribution < -0.4 is 10.5 Å². The zero-order chi connectivity index (χ0) is 14.8. The van der Waals surface area contributed by atoms with E-state index in [1.54, 1.807) is 31.2 Å². The van der Waals surface area contributed by atoms with Crippen LogP contribution in [0.5, 0.6) is 0 Å². The lowest BCUT2D eigenvalue weighted by Crippen LogP contribution is -2.15. The van der Waals surface area contributed by atoms with Gasteiger partial charge in [0.1, 0.15) is 0 Å². The maximum absolute atomic E-state index is 11.9. The molecule has 0 aliphatic heterocycles. The molecule has 4 N–H and O–H groups in total. The summed E-state index contributed by atoms with van der Waals surface area (Å²) in [7, 11) is -3.55. The molecular formula is C12H14N4O3S. The summed E-state index contributed by atoms with van der Waals surface area (Å²) in [5, 5.41) is 14.1. The number of hydrogen-bond donors (Lipinski definition) is 3. The van der Waals surface area contributed by atoms with Crippen molar-refractivity contribution in [2.45, 2.75) is 12.7 Å². The number of carbonyl (C=O) groups is 1. The molecule has 1 aromatic carbocycles. The van der Waals surface area contributed by atoms with Gasteiger partial charge in [0.25, 0.3) is 5.91 Å². The maximum atomic E-state index is 11.9. The summed E-state index contributed by atoms with van der Waals surface area (Å²) in [5.41, 5.74) is 2.26. The highest BCUT2D eigenvalue weighted by atomic mass is 32.2. The lowest BCUT2D eigenvalue weighted by atomic mass is 10.2. The second-order valence-electron chi connectivity index (χ2n) is 4.37. The first-order chi connectivity index (χ1) is 9.35. The van der Waals surface area contributed by atoms with E-state index in [0.717, 1.165) is 0 Å². The first-order valence-electron chi connectivity index (χ1n) is 5.76. The molecule has 2 rings (SSSR count). The van der Waals surface area contributed by atoms with Gasteiger partial charge in [-0.05, 0) is 24.6 Å². The number of sulfonamides is 1. The van der Waals surface area contributed by atoms with Gasteiger partial charge in [0, 0.05) is 11.4 Å². The summed E-state index contributed by atoms with van der Waals surface area (Å²) in [6.07, 6.45) is 1.44. The van der Waals surface area contributed by atoms with E-state index in [9.17, 15) is 13.2 Å². The third kappa shape index (κ3) is 3.65. The number of nitrogens with zero attached hydrogens (tertiary/aromatic N) is 1. The Labute approximate surface area is 116 Å². The highest BCUT2D eigenvalue weighted by molar-refractivity contribution is 7.88. The van der Waals surface area contributed by atoms with E-state index in [4.69, 9.17) is 5.14 Å². The van der Waals surface area contributed by atoms with Crippen molar-refractivity contribution in [3.05, 3.63) is 47.3 Å². The van der Waals surface area contributed by atoms with Crippen molar-refractivity contribution in [2.24, 2.45) is 5.14 Å². The van der Waals surface area contributed by atoms with Crippen molar-refractivity contribution in [1.82, 2.24) is 10.2 Å². The molecule has 0 bridgehead atoms. The quantitative estimate of drug-likeness (QED) is 0.771. The fourth-order valence-corrected chi connectivity index (χ4v) is 2.35. The van der Waals surface area contributed by atoms with E-state index >= 15 is 0 Å². The highest BCUT2D eigenvalue weighted by Crippen LogP contribution is 2.13. The van der Waals surface area contributed by atoms with E-state index in [1.807, 2.05) is 0 Å². The predicted octanol–water partition coefficient (Wildman–Crippen LogP) is 0.759. The van der Waals surface area contributed by atoms with Crippen LogP contribution in [0.2, 0.25) is 0 Å². The van der Waals surface area contributed by atoms with Gasteiger partial charge in [-0.2, -0.15) is 5.10 Å². The Hall–Kier alpha value is -2.19. The molecule has 0 saturated heterocycles. The molecule has 0 fully saturated rings. The molecule has 2 aromatic rings. The molecule has 1 aromatic heterocycles. The lowest BCUT2D eigenvalue weighted by Gasteiger charge is -2.05. The Bertz CT molecular complexity index is 719. The van der Waals surface area contributed by atoms with Crippen LogP contribution in [0.1, 0.15) is 21.6 Å². The number of aryl methyl sites for hydroxylation is 1. The van der Waals surface area contributed by atoms with Crippen LogP contribution in [-0.2, 0) is 15.8 Å². The number of primary sulfonamides is 1. The molecule has 1 amide bonds. The first kappa shape index (κ1) is 14.2. The molecule has 0 unspecified atom stereocenters. The molecule has 8 heteroatoms. The number of nitrogens with two attached hydrogens (primary N) is 1. The molecule has 0 aliphatic carbocycles. The molecule has 20 heavy (non-hydrogen) atoms. The van der Waals surface area contributed by atoms with E-state index in [2.05, 4.69) is 15.5 Å². The number of anilines is 1. The SMILES string of the molecule is Cc1[nH]ncc1C(=O)Nc1ccc(CS(N)(=O)=O)cc1. The van der Waals surface area contributed by atoms with Gasteiger partial charge in [-0.25, -0.2) is 13.6 Å². The standard InChI is InChI=1S/C12H14N4O3S/c1-8-11(6-14-16-8)12(17)15-10-4-2-9(3-5-10)7-20(13,18)19/h2-6H,7H2,1H3,(H,14,16)(H,15,17)(H2,13,18,19). The minimum absolute atomic E-state index is 0.234. The molecule has 0 saturated carbocycles. The molecular weight excluding hydrogens is 280 g/mol. The minimum Gasteiger partial charge on any atom is -0.322 e. The largest absolute Gasteiger partial charge is 0.322 e. The van der Waals surface area contributed by atoms with Crippen molar-refractivity contribution in [2.75, 3.05) is 5.32 Å². The van der Waals surface area contributed by atoms with E-state index in [0.29, 0.717) is 22.5 Å². The molecule has 0 spiro atoms. The Morgan fingerprint density at radius 2 is 2.00 bits per heavy atom. The monoisotopic (exact) mass is 294 g/mol. The van der Waals surface area contributed by atoms with E-state index in [-0.39, 0.29) is 11.7 Å². The summed E-state index contributed by atoms with van der Waals surface area (Å²) >= 11 is 0. The summed E-state index contributed by atoms with van der Waals surface area (Å²) in [6.45, 7) is 1.75. The predicted molar refractivity (Wildman–Crippen MR) is 74.5 cm³/mol. The van der Waals surface area contributed by atoms with Crippen molar-refractivity contribution < 1.29 is 13.2 Å². The van der Waals surface area contributed by atoms with Gasteiger partial charge in [-0.3, -0.25) is 9.89 Å². The second-order valence-corrected chi connectivity index (χ2v) is 5.98. The van der Waals surface area contributed by atoms with Gasteiger partial charge < -0.3 is 5.32 Å². The Kier molecular flexibility index (Phi) is 3.86. The van der Waals surface area contributed by atoms with E-state index < -0.39 is 10.0 Å². The normalized spacial score (nSPS) is 11.3. The zero-order valence-electron chi connectivity index (χ0n) is 10.8. The number of hydrogen-bond acceptors (Lipinski definition) is 4. The van der Waals surface area contributed by atoms with Gasteiger partial charge in [-0.1, -0.05) is 12.1 Å². The summed E-state index contributed by atoms with van der Waals surface area (Å²) in [5.74, 6) is -0.516. The van der Waals surface area contributed by atoms with E-state index in [1.165, 1.54) is 6.20 Å². The zero-order valence-corrected chi connectivity index (χ0v) is 11.6. The number of aromatic amines is 1. The van der Waals surface area contributed by atoms with Gasteiger partial charge in [0.2, 0.25) is 10.0 Å². The van der Waals surface area contributed by atoms with Crippen molar-refractivity contribution in [3.8, 4) is 0 Å². The van der Waals surface area contributed by atoms with Crippen LogP contribution in [0.3, 0.4) is 0 Å². The van der Waals surface area contributed by atoms with Gasteiger partial charge >= 0.3 is 0 Å². The molecule has 106 valence electrons. The van der Waals surface area contributed by atoms with Crippen LogP contribution in [0, 0.1) is 6.92 Å². The summed E-state index contributed by atoms with van der Waals surface area (Å²) in [4.78, 5) is 11.9. The van der Waals surface area contributed by atoms with Gasteiger partial charge in [-0.15, -0.1) is 0 Å². The molecule has 0 aliphatic rings. The number of nitrogens with one attached hydrogen (secondary N) is 2. The molecule has 7 nitrogen and oxygen atoms in total. The summed E-state index contributed by atoms with van der Waals surface area (Å²) in [6, 6.07) is 6.44. The number of H-pyrrole nitrogens is 1. The Morgan fingerprint density at radius 1 is 1.35 bits per heavy atom. The Balaban J connectivity index is 2.08. The first-order valence-corrected chi connectivity index (χ1v) is 7.47. The van der Waals surface area contributed by atoms with Crippen molar-refractivity contribution >= 4 is 21.6 Å². The third-order valence-corrected chi connectivity index (χ3v) is 3.39. The van der Waals surface area contributed by atoms with Crippen LogP contribution >= 0.6 is 0 Å². The molecule has 0 radical (unpaired) electrons. The number of benzene rings is 1. The summed E-state index contributed by atoms with van der Waals surface area (Å²) < 4.78 is 21.9. The number of rotatable bonds is 4. The average molecular weight is 294 g/mol. The van der Waals surface area contributed by atoms with Crippen LogP contribution in [0.25, 0.3) is 0 Å². The molecule has 0 atom stereocenters. The minimum atomic E-state index is -3.55. The lowest BCUT2D eigenvalue weighted by molar-refractivity contribution is 0.102.